The second-order valence-corrected chi connectivity index (χ2v) is 4.16. The number of rotatable bonds is 5. The van der Waals surface area contributed by atoms with Crippen LogP contribution in [-0.2, 0) is 6.54 Å². The standard InChI is InChI=1S/C10H11N5O2S/c11-14-9-3-1-2-8(10(9)15(16)17)12-4-7-5-18-6-13-7/h1-3,5-6,12,14H,4,11H2. The van der Waals surface area contributed by atoms with Gasteiger partial charge in [0.1, 0.15) is 11.4 Å². The van der Waals surface area contributed by atoms with E-state index in [4.69, 9.17) is 5.84 Å². The molecule has 4 N–H and O–H groups in total. The third-order valence-electron chi connectivity index (χ3n) is 2.32. The number of hydrogen-bond donors (Lipinski definition) is 3. The van der Waals surface area contributed by atoms with Gasteiger partial charge in [-0.2, -0.15) is 0 Å². The lowest BCUT2D eigenvalue weighted by Crippen LogP contribution is -2.11. The van der Waals surface area contributed by atoms with Crippen LogP contribution in [0.2, 0.25) is 0 Å². The van der Waals surface area contributed by atoms with Crippen molar-refractivity contribution in [2.24, 2.45) is 5.84 Å². The van der Waals surface area contributed by atoms with Crippen molar-refractivity contribution in [3.05, 3.63) is 44.9 Å². The van der Waals surface area contributed by atoms with E-state index in [9.17, 15) is 10.1 Å². The number of nitrogen functional groups attached to an aromatic ring is 1. The van der Waals surface area contributed by atoms with Crippen LogP contribution in [0.1, 0.15) is 5.69 Å². The highest BCUT2D eigenvalue weighted by molar-refractivity contribution is 7.07. The number of anilines is 2. The Labute approximate surface area is 107 Å². The van der Waals surface area contributed by atoms with Gasteiger partial charge in [0, 0.05) is 5.38 Å². The summed E-state index contributed by atoms with van der Waals surface area (Å²) in [6.07, 6.45) is 0. The molecule has 8 heteroatoms. The third kappa shape index (κ3) is 2.55. The summed E-state index contributed by atoms with van der Waals surface area (Å²) in [6, 6.07) is 4.86. The molecule has 0 aliphatic rings. The molecule has 0 saturated heterocycles. The third-order valence-corrected chi connectivity index (χ3v) is 2.95. The Hall–Kier alpha value is -2.19. The molecule has 0 bridgehead atoms. The molecule has 0 radical (unpaired) electrons. The van der Waals surface area contributed by atoms with E-state index in [0.29, 0.717) is 12.2 Å². The van der Waals surface area contributed by atoms with Gasteiger partial charge in [-0.15, -0.1) is 11.3 Å². The average molecular weight is 265 g/mol. The van der Waals surface area contributed by atoms with Gasteiger partial charge < -0.3 is 10.7 Å². The zero-order valence-electron chi connectivity index (χ0n) is 9.29. The lowest BCUT2D eigenvalue weighted by Gasteiger charge is -2.08. The highest BCUT2D eigenvalue weighted by Crippen LogP contribution is 2.32. The van der Waals surface area contributed by atoms with Gasteiger partial charge in [-0.25, -0.2) is 4.98 Å². The number of nitro groups is 1. The van der Waals surface area contributed by atoms with Crippen LogP contribution in [0, 0.1) is 10.1 Å². The van der Waals surface area contributed by atoms with Crippen molar-refractivity contribution in [3.8, 4) is 0 Å². The highest BCUT2D eigenvalue weighted by Gasteiger charge is 2.18. The Kier molecular flexibility index (Phi) is 3.70. The summed E-state index contributed by atoms with van der Waals surface area (Å²) in [5.74, 6) is 5.26. The van der Waals surface area contributed by atoms with Crippen LogP contribution in [0.4, 0.5) is 17.1 Å². The predicted octanol–water partition coefficient (Wildman–Crippen LogP) is 1.95. The molecule has 0 fully saturated rings. The van der Waals surface area contributed by atoms with Crippen molar-refractivity contribution in [3.63, 3.8) is 0 Å². The maximum absolute atomic E-state index is 11.0. The van der Waals surface area contributed by atoms with Gasteiger partial charge in [-0.1, -0.05) is 6.07 Å². The molecule has 0 atom stereocenters. The largest absolute Gasteiger partial charge is 0.374 e. The minimum absolute atomic E-state index is 0.0739. The number of nitrogens with one attached hydrogen (secondary N) is 2. The van der Waals surface area contributed by atoms with Gasteiger partial charge in [0.15, 0.2) is 0 Å². The summed E-state index contributed by atoms with van der Waals surface area (Å²) in [7, 11) is 0. The average Bonchev–Trinajstić information content (AvgIpc) is 2.88. The first kappa shape index (κ1) is 12.3. The maximum atomic E-state index is 11.0. The highest BCUT2D eigenvalue weighted by atomic mass is 32.1. The summed E-state index contributed by atoms with van der Waals surface area (Å²) < 4.78 is 0. The Balaban J connectivity index is 2.24. The van der Waals surface area contributed by atoms with Crippen LogP contribution < -0.4 is 16.6 Å². The van der Waals surface area contributed by atoms with Crippen LogP contribution >= 0.6 is 11.3 Å². The predicted molar refractivity (Wildman–Crippen MR) is 70.3 cm³/mol. The molecule has 0 unspecified atom stereocenters. The van der Waals surface area contributed by atoms with E-state index in [1.165, 1.54) is 11.3 Å². The molecule has 7 nitrogen and oxygen atoms in total. The normalized spacial score (nSPS) is 10.1. The lowest BCUT2D eigenvalue weighted by molar-refractivity contribution is -0.383. The lowest BCUT2D eigenvalue weighted by atomic mass is 10.2. The molecule has 94 valence electrons. The van der Waals surface area contributed by atoms with E-state index < -0.39 is 4.92 Å². The SMILES string of the molecule is NNc1cccc(NCc2cscn2)c1[N+](=O)[O-]. The minimum Gasteiger partial charge on any atom is -0.374 e. The van der Waals surface area contributed by atoms with Crippen molar-refractivity contribution in [1.29, 1.82) is 0 Å². The van der Waals surface area contributed by atoms with E-state index in [1.807, 2.05) is 5.38 Å². The van der Waals surface area contributed by atoms with E-state index in [0.717, 1.165) is 5.69 Å². The second kappa shape index (κ2) is 5.43. The van der Waals surface area contributed by atoms with Crippen LogP contribution in [0.5, 0.6) is 0 Å². The van der Waals surface area contributed by atoms with Gasteiger partial charge in [-0.05, 0) is 12.1 Å². The van der Waals surface area contributed by atoms with Crippen molar-refractivity contribution < 1.29 is 4.92 Å². The van der Waals surface area contributed by atoms with Gasteiger partial charge in [-0.3, -0.25) is 16.0 Å². The van der Waals surface area contributed by atoms with E-state index in [1.54, 1.807) is 23.7 Å². The van der Waals surface area contributed by atoms with E-state index in [2.05, 4.69) is 15.7 Å². The Morgan fingerprint density at radius 1 is 1.44 bits per heavy atom. The molecule has 18 heavy (non-hydrogen) atoms. The fourth-order valence-corrected chi connectivity index (χ4v) is 2.07. The number of para-hydroxylation sites is 1. The Morgan fingerprint density at radius 2 is 2.22 bits per heavy atom. The molecule has 0 spiro atoms. The number of benzene rings is 1. The minimum atomic E-state index is -0.474. The summed E-state index contributed by atoms with van der Waals surface area (Å²) in [5, 5.41) is 15.9. The zero-order chi connectivity index (χ0) is 13.0. The first-order valence-electron chi connectivity index (χ1n) is 5.07. The molecule has 2 rings (SSSR count). The summed E-state index contributed by atoms with van der Waals surface area (Å²) in [5.41, 5.74) is 5.46. The van der Waals surface area contributed by atoms with Crippen molar-refractivity contribution in [2.45, 2.75) is 6.54 Å². The van der Waals surface area contributed by atoms with Crippen molar-refractivity contribution in [2.75, 3.05) is 10.7 Å². The number of hydrogen-bond acceptors (Lipinski definition) is 7. The van der Waals surface area contributed by atoms with Crippen LogP contribution in [0.25, 0.3) is 0 Å². The maximum Gasteiger partial charge on any atom is 0.316 e. The van der Waals surface area contributed by atoms with Gasteiger partial charge in [0.05, 0.1) is 22.7 Å². The molecule has 1 aromatic heterocycles. The van der Waals surface area contributed by atoms with E-state index >= 15 is 0 Å². The van der Waals surface area contributed by atoms with E-state index in [-0.39, 0.29) is 11.4 Å². The first-order chi connectivity index (χ1) is 8.72. The van der Waals surface area contributed by atoms with Crippen LogP contribution in [0.3, 0.4) is 0 Å². The molecule has 0 amide bonds. The van der Waals surface area contributed by atoms with Gasteiger partial charge >= 0.3 is 5.69 Å². The second-order valence-electron chi connectivity index (χ2n) is 3.44. The number of hydrazine groups is 1. The van der Waals surface area contributed by atoms with Crippen LogP contribution in [-0.4, -0.2) is 9.91 Å². The van der Waals surface area contributed by atoms with Gasteiger partial charge in [0.2, 0.25) is 0 Å². The molecule has 1 aromatic carbocycles. The van der Waals surface area contributed by atoms with Crippen LogP contribution in [0.15, 0.2) is 29.1 Å². The molecule has 0 aliphatic heterocycles. The zero-order valence-corrected chi connectivity index (χ0v) is 10.1. The summed E-state index contributed by atoms with van der Waals surface area (Å²) >= 11 is 1.48. The number of nitro benzene ring substituents is 1. The van der Waals surface area contributed by atoms with Gasteiger partial charge in [0.25, 0.3) is 0 Å². The van der Waals surface area contributed by atoms with Crippen molar-refractivity contribution in [1.82, 2.24) is 4.98 Å². The fourth-order valence-electron chi connectivity index (χ4n) is 1.51. The monoisotopic (exact) mass is 265 g/mol. The first-order valence-corrected chi connectivity index (χ1v) is 6.01. The molecule has 0 aliphatic carbocycles. The smallest absolute Gasteiger partial charge is 0.316 e. The molecule has 1 heterocycles. The Bertz CT molecular complexity index is 543. The summed E-state index contributed by atoms with van der Waals surface area (Å²) in [6.45, 7) is 0.429. The molecule has 2 aromatic rings. The molecule has 0 saturated carbocycles. The Morgan fingerprint density at radius 3 is 2.83 bits per heavy atom. The molecular formula is C10H11N5O2S. The fraction of sp³-hybridized carbons (Fsp3) is 0.100. The summed E-state index contributed by atoms with van der Waals surface area (Å²) in [4.78, 5) is 14.6. The number of nitrogens with two attached hydrogens (primary N) is 1. The molecular weight excluding hydrogens is 254 g/mol. The number of thiazole rings is 1. The topological polar surface area (TPSA) is 106 Å². The van der Waals surface area contributed by atoms with Crippen molar-refractivity contribution >= 4 is 28.4 Å². The quantitative estimate of drug-likeness (QED) is 0.433. The number of nitrogens with zero attached hydrogens (tertiary/aromatic N) is 2. The number of aromatic nitrogens is 1.